The van der Waals surface area contributed by atoms with Gasteiger partial charge in [0.25, 0.3) is 5.91 Å². The van der Waals surface area contributed by atoms with Crippen molar-refractivity contribution in [3.05, 3.63) is 33.3 Å². The molecule has 2 rings (SSSR count). The van der Waals surface area contributed by atoms with Gasteiger partial charge in [0.15, 0.2) is 0 Å². The molecule has 1 amide bonds. The molecule has 1 aromatic carbocycles. The molecule has 1 heterocycles. The molecule has 1 atom stereocenters. The van der Waals surface area contributed by atoms with Gasteiger partial charge in [-0.25, -0.2) is 0 Å². The molecule has 3 nitrogen and oxygen atoms in total. The van der Waals surface area contributed by atoms with Crippen LogP contribution in [0.1, 0.15) is 30.1 Å². The van der Waals surface area contributed by atoms with Crippen LogP contribution in [0.3, 0.4) is 0 Å². The van der Waals surface area contributed by atoms with Gasteiger partial charge in [-0.1, -0.05) is 27.5 Å². The predicted molar refractivity (Wildman–Crippen MR) is 79.7 cm³/mol. The summed E-state index contributed by atoms with van der Waals surface area (Å²) in [6, 6.07) is 5.29. The Morgan fingerprint density at radius 3 is 3.00 bits per heavy atom. The van der Waals surface area contributed by atoms with Crippen molar-refractivity contribution in [2.75, 3.05) is 19.7 Å². The summed E-state index contributed by atoms with van der Waals surface area (Å²) in [6.45, 7) is 4.12. The number of carbonyl (C=O) groups is 1. The second-order valence-corrected chi connectivity index (χ2v) is 5.98. The molecule has 1 aromatic rings. The predicted octanol–water partition coefficient (Wildman–Crippen LogP) is 3.74. The minimum Gasteiger partial charge on any atom is -0.377 e. The Labute approximate surface area is 127 Å². The van der Waals surface area contributed by atoms with E-state index in [0.717, 1.165) is 23.9 Å². The van der Waals surface area contributed by atoms with Crippen LogP contribution in [0.5, 0.6) is 0 Å². The summed E-state index contributed by atoms with van der Waals surface area (Å²) in [7, 11) is 0. The molecule has 1 saturated heterocycles. The fourth-order valence-corrected chi connectivity index (χ4v) is 3.21. The Morgan fingerprint density at radius 2 is 2.32 bits per heavy atom. The summed E-state index contributed by atoms with van der Waals surface area (Å²) < 4.78 is 6.44. The van der Waals surface area contributed by atoms with Crippen molar-refractivity contribution in [2.24, 2.45) is 0 Å². The van der Waals surface area contributed by atoms with Crippen LogP contribution < -0.4 is 0 Å². The fourth-order valence-electron chi connectivity index (χ4n) is 2.35. The number of rotatable bonds is 3. The summed E-state index contributed by atoms with van der Waals surface area (Å²) in [5.41, 5.74) is 0.622. The van der Waals surface area contributed by atoms with Gasteiger partial charge in [-0.3, -0.25) is 4.79 Å². The number of hydrogen-bond donors (Lipinski definition) is 0. The highest BCUT2D eigenvalue weighted by molar-refractivity contribution is 9.10. The first-order chi connectivity index (χ1) is 9.10. The molecule has 5 heteroatoms. The largest absolute Gasteiger partial charge is 0.377 e. The van der Waals surface area contributed by atoms with Crippen molar-refractivity contribution in [1.82, 2.24) is 4.90 Å². The van der Waals surface area contributed by atoms with Gasteiger partial charge in [0.1, 0.15) is 0 Å². The zero-order chi connectivity index (χ0) is 13.8. The van der Waals surface area contributed by atoms with E-state index in [0.29, 0.717) is 23.7 Å². The Kier molecular flexibility index (Phi) is 5.25. The zero-order valence-corrected chi connectivity index (χ0v) is 13.2. The van der Waals surface area contributed by atoms with Crippen molar-refractivity contribution in [3.8, 4) is 0 Å². The Hall–Kier alpha value is -0.580. The van der Waals surface area contributed by atoms with E-state index >= 15 is 0 Å². The molecule has 1 unspecified atom stereocenters. The maximum Gasteiger partial charge on any atom is 0.254 e. The molecule has 0 saturated carbocycles. The van der Waals surface area contributed by atoms with E-state index in [9.17, 15) is 4.79 Å². The number of benzene rings is 1. The Balaban J connectivity index is 2.10. The lowest BCUT2D eigenvalue weighted by Crippen LogP contribution is -2.43. The van der Waals surface area contributed by atoms with Crippen molar-refractivity contribution in [1.29, 1.82) is 0 Å². The maximum atomic E-state index is 12.4. The van der Waals surface area contributed by atoms with Gasteiger partial charge in [-0.2, -0.15) is 0 Å². The number of halogens is 2. The lowest BCUT2D eigenvalue weighted by molar-refractivity contribution is 0.00724. The van der Waals surface area contributed by atoms with Crippen LogP contribution in [-0.4, -0.2) is 36.6 Å². The molecule has 0 N–H and O–H groups in total. The summed E-state index contributed by atoms with van der Waals surface area (Å²) in [5.74, 6) is 0.0209. The molecule has 1 aliphatic rings. The monoisotopic (exact) mass is 345 g/mol. The van der Waals surface area contributed by atoms with Crippen molar-refractivity contribution >= 4 is 33.4 Å². The quantitative estimate of drug-likeness (QED) is 0.834. The second kappa shape index (κ2) is 6.73. The van der Waals surface area contributed by atoms with Crippen molar-refractivity contribution in [2.45, 2.75) is 25.9 Å². The highest BCUT2D eigenvalue weighted by atomic mass is 79.9. The van der Waals surface area contributed by atoms with Gasteiger partial charge in [0.05, 0.1) is 6.10 Å². The molecule has 0 aromatic heterocycles. The number of likely N-dealkylation sites (tertiary alicyclic amines) is 1. The van der Waals surface area contributed by atoms with E-state index in [4.69, 9.17) is 16.3 Å². The zero-order valence-electron chi connectivity index (χ0n) is 10.9. The molecule has 19 heavy (non-hydrogen) atoms. The van der Waals surface area contributed by atoms with Crippen LogP contribution >= 0.6 is 27.5 Å². The molecule has 1 fully saturated rings. The smallest absolute Gasteiger partial charge is 0.254 e. The number of hydrogen-bond acceptors (Lipinski definition) is 2. The summed E-state index contributed by atoms with van der Waals surface area (Å²) >= 11 is 9.35. The Morgan fingerprint density at radius 1 is 1.53 bits per heavy atom. The molecule has 0 radical (unpaired) electrons. The van der Waals surface area contributed by atoms with E-state index in [1.165, 1.54) is 0 Å². The minimum atomic E-state index is 0.0209. The molecule has 1 aliphatic heterocycles. The van der Waals surface area contributed by atoms with E-state index < -0.39 is 0 Å². The van der Waals surface area contributed by atoms with E-state index in [-0.39, 0.29) is 12.0 Å². The van der Waals surface area contributed by atoms with Crippen LogP contribution in [-0.2, 0) is 4.74 Å². The van der Waals surface area contributed by atoms with Gasteiger partial charge in [0, 0.05) is 34.8 Å². The van der Waals surface area contributed by atoms with Crippen molar-refractivity contribution < 1.29 is 9.53 Å². The number of ether oxygens (including phenoxy) is 1. The molecular weight excluding hydrogens is 330 g/mol. The third kappa shape index (κ3) is 3.94. The number of amides is 1. The Bertz CT molecular complexity index is 445. The average molecular weight is 347 g/mol. The van der Waals surface area contributed by atoms with Gasteiger partial charge in [-0.05, 0) is 38.0 Å². The molecule has 0 spiro atoms. The van der Waals surface area contributed by atoms with Crippen LogP contribution in [0, 0.1) is 0 Å². The van der Waals surface area contributed by atoms with Gasteiger partial charge >= 0.3 is 0 Å². The molecule has 0 bridgehead atoms. The van der Waals surface area contributed by atoms with Crippen LogP contribution in [0.4, 0.5) is 0 Å². The minimum absolute atomic E-state index is 0.0209. The molecule has 0 aliphatic carbocycles. The first kappa shape index (κ1) is 14.8. The first-order valence-electron chi connectivity index (χ1n) is 6.47. The number of nitrogens with zero attached hydrogens (tertiary/aromatic N) is 1. The highest BCUT2D eigenvalue weighted by Gasteiger charge is 2.24. The van der Waals surface area contributed by atoms with E-state index in [2.05, 4.69) is 15.9 Å². The molecular formula is C14H17BrClNO2. The summed E-state index contributed by atoms with van der Waals surface area (Å²) in [5, 5.41) is 0.566. The summed E-state index contributed by atoms with van der Waals surface area (Å²) in [4.78, 5) is 14.3. The maximum absolute atomic E-state index is 12.4. The van der Waals surface area contributed by atoms with Crippen LogP contribution in [0.25, 0.3) is 0 Å². The van der Waals surface area contributed by atoms with Crippen LogP contribution in [0.15, 0.2) is 22.7 Å². The lowest BCUT2D eigenvalue weighted by atomic mass is 10.1. The normalized spacial score (nSPS) is 19.5. The van der Waals surface area contributed by atoms with Crippen molar-refractivity contribution in [3.63, 3.8) is 0 Å². The fraction of sp³-hybridized carbons (Fsp3) is 0.500. The van der Waals surface area contributed by atoms with Gasteiger partial charge in [0.2, 0.25) is 0 Å². The third-order valence-corrected chi connectivity index (χ3v) is 3.85. The summed E-state index contributed by atoms with van der Waals surface area (Å²) in [6.07, 6.45) is 2.17. The lowest BCUT2D eigenvalue weighted by Gasteiger charge is -2.32. The molecule has 104 valence electrons. The highest BCUT2D eigenvalue weighted by Crippen LogP contribution is 2.22. The topological polar surface area (TPSA) is 29.5 Å². The number of piperidine rings is 1. The van der Waals surface area contributed by atoms with Crippen LogP contribution in [0.2, 0.25) is 5.02 Å². The first-order valence-corrected chi connectivity index (χ1v) is 7.64. The number of carbonyl (C=O) groups excluding carboxylic acids is 1. The van der Waals surface area contributed by atoms with Gasteiger partial charge < -0.3 is 9.64 Å². The SMILES string of the molecule is CCOC1CCCN(C(=O)c2cc(Cl)cc(Br)c2)C1. The average Bonchev–Trinajstić information content (AvgIpc) is 2.37. The van der Waals surface area contributed by atoms with E-state index in [1.54, 1.807) is 18.2 Å². The van der Waals surface area contributed by atoms with E-state index in [1.807, 2.05) is 11.8 Å². The second-order valence-electron chi connectivity index (χ2n) is 4.63. The third-order valence-electron chi connectivity index (χ3n) is 3.18. The van der Waals surface area contributed by atoms with Gasteiger partial charge in [-0.15, -0.1) is 0 Å². The standard InChI is InChI=1S/C14H17BrClNO2/c1-2-19-13-4-3-5-17(9-13)14(18)10-6-11(15)8-12(16)7-10/h6-8,13H,2-5,9H2,1H3.